The molecule has 0 radical (unpaired) electrons. The highest BCUT2D eigenvalue weighted by Crippen LogP contribution is 2.29. The zero-order valence-corrected chi connectivity index (χ0v) is 13.0. The van der Waals surface area contributed by atoms with E-state index in [1.807, 2.05) is 32.0 Å². The van der Waals surface area contributed by atoms with Crippen molar-refractivity contribution in [2.45, 2.75) is 40.3 Å². The highest BCUT2D eigenvalue weighted by Gasteiger charge is 2.09. The summed E-state index contributed by atoms with van der Waals surface area (Å²) < 4.78 is 19.5. The minimum absolute atomic E-state index is 0.246. The molecule has 0 aliphatic rings. The highest BCUT2D eigenvalue weighted by atomic mass is 19.1. The predicted molar refractivity (Wildman–Crippen MR) is 84.4 cm³/mol. The van der Waals surface area contributed by atoms with Gasteiger partial charge in [-0.05, 0) is 49.2 Å². The van der Waals surface area contributed by atoms with E-state index in [1.54, 1.807) is 6.07 Å². The second kappa shape index (κ2) is 6.72. The van der Waals surface area contributed by atoms with Crippen LogP contribution in [0.2, 0.25) is 0 Å². The Morgan fingerprint density at radius 3 is 2.57 bits per heavy atom. The maximum Gasteiger partial charge on any atom is 0.132 e. The molecule has 0 spiro atoms. The van der Waals surface area contributed by atoms with E-state index in [0.29, 0.717) is 18.3 Å². The van der Waals surface area contributed by atoms with Gasteiger partial charge in [0, 0.05) is 18.2 Å². The molecule has 1 N–H and O–H groups in total. The lowest BCUT2D eigenvalue weighted by Crippen LogP contribution is -2.22. The molecule has 0 aromatic heterocycles. The Hall–Kier alpha value is -1.87. The number of hydrogen-bond acceptors (Lipinski definition) is 2. The van der Waals surface area contributed by atoms with Crippen LogP contribution in [0, 0.1) is 19.7 Å². The van der Waals surface area contributed by atoms with E-state index < -0.39 is 0 Å². The van der Waals surface area contributed by atoms with Crippen molar-refractivity contribution >= 4 is 0 Å². The van der Waals surface area contributed by atoms with Crippen LogP contribution in [-0.4, -0.2) is 6.04 Å². The van der Waals surface area contributed by atoms with E-state index in [2.05, 4.69) is 19.2 Å². The first-order valence-corrected chi connectivity index (χ1v) is 7.23. The summed E-state index contributed by atoms with van der Waals surface area (Å²) in [4.78, 5) is 0. The van der Waals surface area contributed by atoms with Gasteiger partial charge in [0.1, 0.15) is 17.3 Å². The molecular formula is C18H22FNO. The largest absolute Gasteiger partial charge is 0.457 e. The molecule has 0 saturated heterocycles. The van der Waals surface area contributed by atoms with Crippen LogP contribution >= 0.6 is 0 Å². The van der Waals surface area contributed by atoms with Gasteiger partial charge in [0.25, 0.3) is 0 Å². The lowest BCUT2D eigenvalue weighted by Gasteiger charge is -2.15. The third-order valence-electron chi connectivity index (χ3n) is 3.50. The summed E-state index contributed by atoms with van der Waals surface area (Å²) in [5.41, 5.74) is 3.10. The fraction of sp³-hybridized carbons (Fsp3) is 0.333. The zero-order valence-electron chi connectivity index (χ0n) is 13.0. The normalized spacial score (nSPS) is 11.0. The number of hydrogen-bond donors (Lipinski definition) is 1. The number of ether oxygens (including phenoxy) is 1. The summed E-state index contributed by atoms with van der Waals surface area (Å²) in [6, 6.07) is 10.9. The van der Waals surface area contributed by atoms with Gasteiger partial charge in [-0.25, -0.2) is 4.39 Å². The molecule has 2 aromatic rings. The van der Waals surface area contributed by atoms with Crippen LogP contribution in [0.1, 0.15) is 30.5 Å². The Morgan fingerprint density at radius 1 is 1.10 bits per heavy atom. The molecule has 0 unspecified atom stereocenters. The van der Waals surface area contributed by atoms with Crippen LogP contribution in [0.3, 0.4) is 0 Å². The second-order valence-corrected chi connectivity index (χ2v) is 5.59. The highest BCUT2D eigenvalue weighted by molar-refractivity contribution is 5.43. The number of benzene rings is 2. The molecule has 0 bridgehead atoms. The molecule has 21 heavy (non-hydrogen) atoms. The molecule has 0 aliphatic heterocycles. The van der Waals surface area contributed by atoms with Crippen molar-refractivity contribution in [3.8, 4) is 11.5 Å². The van der Waals surface area contributed by atoms with Crippen LogP contribution in [0.15, 0.2) is 36.4 Å². The first-order valence-electron chi connectivity index (χ1n) is 7.23. The minimum atomic E-state index is -0.246. The van der Waals surface area contributed by atoms with Gasteiger partial charge >= 0.3 is 0 Å². The molecule has 0 fully saturated rings. The summed E-state index contributed by atoms with van der Waals surface area (Å²) in [7, 11) is 0. The van der Waals surface area contributed by atoms with Crippen molar-refractivity contribution in [1.29, 1.82) is 0 Å². The van der Waals surface area contributed by atoms with Crippen LogP contribution in [0.25, 0.3) is 0 Å². The van der Waals surface area contributed by atoms with Gasteiger partial charge in [-0.2, -0.15) is 0 Å². The molecule has 0 saturated carbocycles. The van der Waals surface area contributed by atoms with Crippen molar-refractivity contribution in [3.05, 3.63) is 58.9 Å². The van der Waals surface area contributed by atoms with E-state index in [4.69, 9.17) is 4.74 Å². The molecule has 0 amide bonds. The molecule has 2 aromatic carbocycles. The maximum absolute atomic E-state index is 13.5. The first-order chi connectivity index (χ1) is 9.97. The van der Waals surface area contributed by atoms with Crippen molar-refractivity contribution in [2.75, 3.05) is 0 Å². The van der Waals surface area contributed by atoms with Crippen molar-refractivity contribution < 1.29 is 9.13 Å². The van der Waals surface area contributed by atoms with Crippen molar-refractivity contribution in [2.24, 2.45) is 0 Å². The van der Waals surface area contributed by atoms with Gasteiger partial charge in [-0.1, -0.05) is 26.0 Å². The summed E-state index contributed by atoms with van der Waals surface area (Å²) in [6.45, 7) is 8.78. The van der Waals surface area contributed by atoms with E-state index in [-0.39, 0.29) is 5.82 Å². The van der Waals surface area contributed by atoms with Gasteiger partial charge < -0.3 is 10.1 Å². The molecule has 2 rings (SSSR count). The molecule has 0 heterocycles. The first kappa shape index (κ1) is 15.5. The standard InChI is InChI=1S/C18H22FNO/c1-12(2)20-11-15-10-16(19)8-9-18(15)21-17-7-5-6-13(3)14(17)4/h5-10,12,20H,11H2,1-4H3. The molecule has 112 valence electrons. The zero-order chi connectivity index (χ0) is 15.4. The molecule has 2 nitrogen and oxygen atoms in total. The van der Waals surface area contributed by atoms with Crippen molar-refractivity contribution in [3.63, 3.8) is 0 Å². The Bertz CT molecular complexity index is 623. The summed E-state index contributed by atoms with van der Waals surface area (Å²) in [5, 5.41) is 3.29. The fourth-order valence-electron chi connectivity index (χ4n) is 2.05. The molecular weight excluding hydrogens is 265 g/mol. The number of halogens is 1. The lowest BCUT2D eigenvalue weighted by molar-refractivity contribution is 0.463. The fourth-order valence-corrected chi connectivity index (χ4v) is 2.05. The van der Waals surface area contributed by atoms with E-state index in [0.717, 1.165) is 16.9 Å². The Kier molecular flexibility index (Phi) is 4.97. The third kappa shape index (κ3) is 4.05. The van der Waals surface area contributed by atoms with E-state index in [1.165, 1.54) is 17.7 Å². The second-order valence-electron chi connectivity index (χ2n) is 5.59. The maximum atomic E-state index is 13.5. The monoisotopic (exact) mass is 287 g/mol. The Morgan fingerprint density at radius 2 is 1.86 bits per heavy atom. The average Bonchev–Trinajstić information content (AvgIpc) is 2.43. The van der Waals surface area contributed by atoms with Crippen LogP contribution in [0.5, 0.6) is 11.5 Å². The third-order valence-corrected chi connectivity index (χ3v) is 3.50. The van der Waals surface area contributed by atoms with E-state index in [9.17, 15) is 4.39 Å². The quantitative estimate of drug-likeness (QED) is 0.858. The van der Waals surface area contributed by atoms with Crippen molar-refractivity contribution in [1.82, 2.24) is 5.32 Å². The molecule has 0 atom stereocenters. The predicted octanol–water partition coefficient (Wildman–Crippen LogP) is 4.73. The number of nitrogens with one attached hydrogen (secondary N) is 1. The Balaban J connectivity index is 2.28. The summed E-state index contributed by atoms with van der Waals surface area (Å²) in [5.74, 6) is 1.26. The van der Waals surface area contributed by atoms with Gasteiger partial charge in [0.15, 0.2) is 0 Å². The number of aryl methyl sites for hydroxylation is 1. The van der Waals surface area contributed by atoms with Crippen LogP contribution in [-0.2, 0) is 6.54 Å². The van der Waals surface area contributed by atoms with Gasteiger partial charge in [0.2, 0.25) is 0 Å². The van der Waals surface area contributed by atoms with Gasteiger partial charge in [-0.3, -0.25) is 0 Å². The number of rotatable bonds is 5. The minimum Gasteiger partial charge on any atom is -0.457 e. The van der Waals surface area contributed by atoms with Crippen LogP contribution < -0.4 is 10.1 Å². The summed E-state index contributed by atoms with van der Waals surface area (Å²) >= 11 is 0. The van der Waals surface area contributed by atoms with Gasteiger partial charge in [0.05, 0.1) is 0 Å². The van der Waals surface area contributed by atoms with Gasteiger partial charge in [-0.15, -0.1) is 0 Å². The average molecular weight is 287 g/mol. The smallest absolute Gasteiger partial charge is 0.132 e. The molecule has 0 aliphatic carbocycles. The van der Waals surface area contributed by atoms with Crippen LogP contribution in [0.4, 0.5) is 4.39 Å². The topological polar surface area (TPSA) is 21.3 Å². The SMILES string of the molecule is Cc1cccc(Oc2ccc(F)cc2CNC(C)C)c1C. The molecule has 3 heteroatoms. The lowest BCUT2D eigenvalue weighted by atomic mass is 10.1. The summed E-state index contributed by atoms with van der Waals surface area (Å²) in [6.07, 6.45) is 0. The Labute approximate surface area is 126 Å². The van der Waals surface area contributed by atoms with E-state index >= 15 is 0 Å².